The van der Waals surface area contributed by atoms with Gasteiger partial charge in [-0.15, -0.1) is 0 Å². The molecule has 4 nitrogen and oxygen atoms in total. The Labute approximate surface area is 101 Å². The van der Waals surface area contributed by atoms with Crippen molar-refractivity contribution in [2.24, 2.45) is 5.73 Å². The highest BCUT2D eigenvalue weighted by atomic mass is 16.5. The molecule has 0 heterocycles. The predicted octanol–water partition coefficient (Wildman–Crippen LogP) is 1.02. The highest BCUT2D eigenvalue weighted by Crippen LogP contribution is 2.40. The third-order valence-electron chi connectivity index (χ3n) is 3.28. The van der Waals surface area contributed by atoms with E-state index in [0.29, 0.717) is 12.0 Å². The molecule has 1 fully saturated rings. The molecular weight excluding hydrogens is 216 g/mol. The summed E-state index contributed by atoms with van der Waals surface area (Å²) in [5, 5.41) is 3.14. The average molecular weight is 234 g/mol. The van der Waals surface area contributed by atoms with Gasteiger partial charge in [-0.05, 0) is 30.4 Å². The molecular formula is C13H18N2O2. The number of rotatable bonds is 5. The Hall–Kier alpha value is -1.55. The molecule has 1 amide bonds. The van der Waals surface area contributed by atoms with Crippen LogP contribution in [0.4, 0.5) is 0 Å². The van der Waals surface area contributed by atoms with Gasteiger partial charge in [-0.3, -0.25) is 4.79 Å². The van der Waals surface area contributed by atoms with Gasteiger partial charge in [0.2, 0.25) is 5.91 Å². The van der Waals surface area contributed by atoms with Crippen LogP contribution in [0.2, 0.25) is 0 Å². The average Bonchev–Trinajstić information content (AvgIpc) is 2.27. The summed E-state index contributed by atoms with van der Waals surface area (Å²) in [6.45, 7) is 0.267. The quantitative estimate of drug-likeness (QED) is 0.799. The van der Waals surface area contributed by atoms with Gasteiger partial charge in [-0.1, -0.05) is 18.2 Å². The van der Waals surface area contributed by atoms with Crippen molar-refractivity contribution >= 4 is 5.91 Å². The van der Waals surface area contributed by atoms with Crippen LogP contribution in [0.15, 0.2) is 24.3 Å². The van der Waals surface area contributed by atoms with Crippen molar-refractivity contribution in [3.05, 3.63) is 29.8 Å². The molecule has 0 bridgehead atoms. The molecule has 1 aromatic carbocycles. The minimum Gasteiger partial charge on any atom is -0.496 e. The van der Waals surface area contributed by atoms with Crippen LogP contribution in [-0.2, 0) is 4.79 Å². The molecule has 1 aromatic rings. The lowest BCUT2D eigenvalue weighted by molar-refractivity contribution is -0.117. The topological polar surface area (TPSA) is 64.3 Å². The zero-order valence-corrected chi connectivity index (χ0v) is 9.98. The van der Waals surface area contributed by atoms with E-state index < -0.39 is 0 Å². The van der Waals surface area contributed by atoms with Crippen LogP contribution in [0.1, 0.15) is 24.3 Å². The van der Waals surface area contributed by atoms with Gasteiger partial charge < -0.3 is 15.8 Å². The van der Waals surface area contributed by atoms with Crippen molar-refractivity contribution in [2.45, 2.75) is 24.8 Å². The molecule has 0 spiro atoms. The third kappa shape index (κ3) is 2.77. The van der Waals surface area contributed by atoms with Gasteiger partial charge in [-0.25, -0.2) is 0 Å². The zero-order valence-electron chi connectivity index (χ0n) is 9.98. The van der Waals surface area contributed by atoms with Gasteiger partial charge >= 0.3 is 0 Å². The molecule has 92 valence electrons. The summed E-state index contributed by atoms with van der Waals surface area (Å²) in [6, 6.07) is 8.50. The molecule has 2 rings (SSSR count). The first kappa shape index (κ1) is 11.9. The summed E-state index contributed by atoms with van der Waals surface area (Å²) in [4.78, 5) is 10.6. The van der Waals surface area contributed by atoms with E-state index in [9.17, 15) is 4.79 Å². The standard InChI is InChI=1S/C13H18N2O2/c1-17-12-5-3-2-4-11(12)9-6-10(7-9)15-8-13(14)16/h2-5,9-10,15H,6-8H2,1H3,(H2,14,16). The van der Waals surface area contributed by atoms with Crippen LogP contribution in [0, 0.1) is 0 Å². The number of nitrogens with two attached hydrogens (primary N) is 1. The summed E-state index contributed by atoms with van der Waals surface area (Å²) >= 11 is 0. The molecule has 0 aliphatic heterocycles. The number of carbonyl (C=O) groups excluding carboxylic acids is 1. The van der Waals surface area contributed by atoms with Crippen molar-refractivity contribution in [3.8, 4) is 5.75 Å². The van der Waals surface area contributed by atoms with Gasteiger partial charge in [0.1, 0.15) is 5.75 Å². The lowest BCUT2D eigenvalue weighted by Gasteiger charge is -2.36. The first-order valence-electron chi connectivity index (χ1n) is 5.85. The minimum absolute atomic E-state index is 0.267. The maximum atomic E-state index is 10.6. The molecule has 0 unspecified atom stereocenters. The van der Waals surface area contributed by atoms with Crippen molar-refractivity contribution in [3.63, 3.8) is 0 Å². The molecule has 0 saturated heterocycles. The van der Waals surface area contributed by atoms with Crippen molar-refractivity contribution in [2.75, 3.05) is 13.7 Å². The van der Waals surface area contributed by atoms with Gasteiger partial charge in [0, 0.05) is 6.04 Å². The number of methoxy groups -OCH3 is 1. The van der Waals surface area contributed by atoms with E-state index >= 15 is 0 Å². The molecule has 3 N–H and O–H groups in total. The van der Waals surface area contributed by atoms with Crippen LogP contribution in [0.25, 0.3) is 0 Å². The molecule has 0 aromatic heterocycles. The monoisotopic (exact) mass is 234 g/mol. The number of primary amides is 1. The normalized spacial score (nSPS) is 22.9. The second kappa shape index (κ2) is 5.19. The van der Waals surface area contributed by atoms with Crippen molar-refractivity contribution in [1.82, 2.24) is 5.32 Å². The Kier molecular flexibility index (Phi) is 3.64. The first-order chi connectivity index (χ1) is 8.20. The van der Waals surface area contributed by atoms with Gasteiger partial charge in [0.25, 0.3) is 0 Å². The zero-order chi connectivity index (χ0) is 12.3. The van der Waals surface area contributed by atoms with Crippen molar-refractivity contribution < 1.29 is 9.53 Å². The second-order valence-corrected chi connectivity index (χ2v) is 4.45. The van der Waals surface area contributed by atoms with E-state index in [1.165, 1.54) is 5.56 Å². The fourth-order valence-electron chi connectivity index (χ4n) is 2.29. The summed E-state index contributed by atoms with van der Waals surface area (Å²) in [7, 11) is 1.69. The fraction of sp³-hybridized carbons (Fsp3) is 0.462. The Morgan fingerprint density at radius 2 is 2.18 bits per heavy atom. The van der Waals surface area contributed by atoms with E-state index in [0.717, 1.165) is 18.6 Å². The molecule has 1 saturated carbocycles. The number of hydrogen-bond donors (Lipinski definition) is 2. The Morgan fingerprint density at radius 1 is 1.47 bits per heavy atom. The Morgan fingerprint density at radius 3 is 2.82 bits per heavy atom. The summed E-state index contributed by atoms with van der Waals surface area (Å²) in [5.41, 5.74) is 6.35. The lowest BCUT2D eigenvalue weighted by Crippen LogP contribution is -2.43. The van der Waals surface area contributed by atoms with E-state index in [1.807, 2.05) is 18.2 Å². The number of carbonyl (C=O) groups is 1. The number of ether oxygens (including phenoxy) is 1. The third-order valence-corrected chi connectivity index (χ3v) is 3.28. The Bertz CT molecular complexity index is 400. The SMILES string of the molecule is COc1ccccc1C1CC(NCC(N)=O)C1. The van der Waals surface area contributed by atoms with Gasteiger partial charge in [0.05, 0.1) is 13.7 Å². The lowest BCUT2D eigenvalue weighted by atomic mass is 9.75. The van der Waals surface area contributed by atoms with Crippen LogP contribution in [0.3, 0.4) is 0 Å². The largest absolute Gasteiger partial charge is 0.496 e. The molecule has 0 atom stereocenters. The van der Waals surface area contributed by atoms with E-state index in [2.05, 4.69) is 11.4 Å². The molecule has 1 aliphatic rings. The van der Waals surface area contributed by atoms with Gasteiger partial charge in [0.15, 0.2) is 0 Å². The molecule has 17 heavy (non-hydrogen) atoms. The number of para-hydroxylation sites is 1. The van der Waals surface area contributed by atoms with Crippen molar-refractivity contribution in [1.29, 1.82) is 0 Å². The van der Waals surface area contributed by atoms with Gasteiger partial charge in [-0.2, -0.15) is 0 Å². The highest BCUT2D eigenvalue weighted by Gasteiger charge is 2.31. The molecule has 1 aliphatic carbocycles. The van der Waals surface area contributed by atoms with E-state index in [4.69, 9.17) is 10.5 Å². The smallest absolute Gasteiger partial charge is 0.231 e. The first-order valence-corrected chi connectivity index (χ1v) is 5.85. The number of amides is 1. The molecule has 0 radical (unpaired) electrons. The Balaban J connectivity index is 1.88. The highest BCUT2D eigenvalue weighted by molar-refractivity contribution is 5.75. The second-order valence-electron chi connectivity index (χ2n) is 4.45. The summed E-state index contributed by atoms with van der Waals surface area (Å²) < 4.78 is 5.34. The summed E-state index contributed by atoms with van der Waals surface area (Å²) in [6.07, 6.45) is 2.07. The number of hydrogen-bond acceptors (Lipinski definition) is 3. The van der Waals surface area contributed by atoms with E-state index in [1.54, 1.807) is 7.11 Å². The minimum atomic E-state index is -0.300. The van der Waals surface area contributed by atoms with Crippen LogP contribution < -0.4 is 15.8 Å². The molecule has 4 heteroatoms. The predicted molar refractivity (Wildman–Crippen MR) is 66.0 cm³/mol. The number of nitrogens with one attached hydrogen (secondary N) is 1. The number of benzene rings is 1. The maximum Gasteiger partial charge on any atom is 0.231 e. The fourth-order valence-corrected chi connectivity index (χ4v) is 2.29. The van der Waals surface area contributed by atoms with E-state index in [-0.39, 0.29) is 12.5 Å². The maximum absolute atomic E-state index is 10.6. The van der Waals surface area contributed by atoms with Crippen LogP contribution in [0.5, 0.6) is 5.75 Å². The summed E-state index contributed by atoms with van der Waals surface area (Å²) in [5.74, 6) is 1.17. The van der Waals surface area contributed by atoms with Crippen LogP contribution in [-0.4, -0.2) is 25.6 Å². The van der Waals surface area contributed by atoms with Crippen LogP contribution >= 0.6 is 0 Å².